The minimum Gasteiger partial charge on any atom is -0.368 e. The Morgan fingerprint density at radius 2 is 1.93 bits per heavy atom. The highest BCUT2D eigenvalue weighted by molar-refractivity contribution is 5.93. The summed E-state index contributed by atoms with van der Waals surface area (Å²) in [5, 5.41) is 9.87. The van der Waals surface area contributed by atoms with Crippen molar-refractivity contribution in [2.45, 2.75) is 13.8 Å². The number of hydrogen-bond acceptors (Lipinski definition) is 7. The van der Waals surface area contributed by atoms with Crippen LogP contribution in [0.25, 0.3) is 17.1 Å². The SMILES string of the molecule is Cc1nc(NCCNC(=O)c2cc(-c3ccccc3)on2)cc(-n2ccnc2C)n1. The van der Waals surface area contributed by atoms with Crippen molar-refractivity contribution in [3.63, 3.8) is 0 Å². The molecule has 2 N–H and O–H groups in total. The van der Waals surface area contributed by atoms with Gasteiger partial charge < -0.3 is 15.2 Å². The molecule has 0 aliphatic rings. The summed E-state index contributed by atoms with van der Waals surface area (Å²) in [7, 11) is 0. The van der Waals surface area contributed by atoms with E-state index in [0.717, 1.165) is 17.2 Å². The normalized spacial score (nSPS) is 10.7. The molecule has 0 saturated heterocycles. The van der Waals surface area contributed by atoms with E-state index in [1.807, 2.05) is 61.0 Å². The Hall–Kier alpha value is -4.01. The van der Waals surface area contributed by atoms with Crippen LogP contribution in [0.3, 0.4) is 0 Å². The molecule has 0 aliphatic carbocycles. The summed E-state index contributed by atoms with van der Waals surface area (Å²) in [6, 6.07) is 13.0. The number of aromatic nitrogens is 5. The summed E-state index contributed by atoms with van der Waals surface area (Å²) in [5.74, 6) is 3.15. The molecule has 4 rings (SSSR count). The maximum atomic E-state index is 12.3. The number of aryl methyl sites for hydroxylation is 2. The molecule has 0 atom stereocenters. The first-order valence-corrected chi connectivity index (χ1v) is 9.50. The van der Waals surface area contributed by atoms with Crippen LogP contribution in [0.1, 0.15) is 22.1 Å². The zero-order chi connectivity index (χ0) is 20.9. The minimum absolute atomic E-state index is 0.240. The summed E-state index contributed by atoms with van der Waals surface area (Å²) < 4.78 is 7.15. The first-order chi connectivity index (χ1) is 14.6. The summed E-state index contributed by atoms with van der Waals surface area (Å²) >= 11 is 0. The Labute approximate surface area is 173 Å². The van der Waals surface area contributed by atoms with Crippen LogP contribution in [-0.4, -0.2) is 43.7 Å². The molecule has 30 heavy (non-hydrogen) atoms. The second kappa shape index (κ2) is 8.56. The van der Waals surface area contributed by atoms with Crippen LogP contribution >= 0.6 is 0 Å². The Morgan fingerprint density at radius 3 is 2.70 bits per heavy atom. The Morgan fingerprint density at radius 1 is 1.10 bits per heavy atom. The van der Waals surface area contributed by atoms with Gasteiger partial charge in [0, 0.05) is 43.2 Å². The van der Waals surface area contributed by atoms with E-state index in [9.17, 15) is 4.79 Å². The van der Waals surface area contributed by atoms with E-state index < -0.39 is 0 Å². The van der Waals surface area contributed by atoms with Gasteiger partial charge >= 0.3 is 0 Å². The Balaban J connectivity index is 1.32. The lowest BCUT2D eigenvalue weighted by Crippen LogP contribution is -2.29. The topological polar surface area (TPSA) is 111 Å². The summed E-state index contributed by atoms with van der Waals surface area (Å²) in [4.78, 5) is 25.4. The standard InChI is InChI=1S/C21H21N7O2/c1-14-25-19(13-20(26-14)28-11-10-22-15(28)2)23-8-9-24-21(29)17-12-18(30-27-17)16-6-4-3-5-7-16/h3-7,10-13H,8-9H2,1-2H3,(H,24,29)(H,23,25,26). The maximum Gasteiger partial charge on any atom is 0.273 e. The van der Waals surface area contributed by atoms with Gasteiger partial charge in [-0.15, -0.1) is 0 Å². The number of amides is 1. The first kappa shape index (κ1) is 19.3. The van der Waals surface area contributed by atoms with Gasteiger partial charge in [-0.3, -0.25) is 9.36 Å². The molecule has 9 heteroatoms. The number of imidazole rings is 1. The minimum atomic E-state index is -0.295. The van der Waals surface area contributed by atoms with Crippen molar-refractivity contribution in [3.05, 3.63) is 72.2 Å². The molecule has 0 bridgehead atoms. The molecular formula is C21H21N7O2. The third kappa shape index (κ3) is 4.35. The molecule has 0 spiro atoms. The van der Waals surface area contributed by atoms with Crippen molar-refractivity contribution in [3.8, 4) is 17.1 Å². The molecule has 3 aromatic heterocycles. The fraction of sp³-hybridized carbons (Fsp3) is 0.190. The number of benzene rings is 1. The lowest BCUT2D eigenvalue weighted by Gasteiger charge is -2.10. The van der Waals surface area contributed by atoms with Crippen molar-refractivity contribution in [1.29, 1.82) is 0 Å². The molecule has 0 saturated carbocycles. The van der Waals surface area contributed by atoms with Gasteiger partial charge in [0.1, 0.15) is 23.3 Å². The first-order valence-electron chi connectivity index (χ1n) is 9.50. The van der Waals surface area contributed by atoms with Crippen LogP contribution < -0.4 is 10.6 Å². The highest BCUT2D eigenvalue weighted by atomic mass is 16.5. The van der Waals surface area contributed by atoms with Gasteiger partial charge in [-0.2, -0.15) is 0 Å². The molecule has 9 nitrogen and oxygen atoms in total. The lowest BCUT2D eigenvalue weighted by molar-refractivity contribution is 0.0946. The lowest BCUT2D eigenvalue weighted by atomic mass is 10.1. The van der Waals surface area contributed by atoms with E-state index in [1.54, 1.807) is 12.3 Å². The van der Waals surface area contributed by atoms with E-state index in [2.05, 4.69) is 30.7 Å². The Kier molecular flexibility index (Phi) is 5.51. The molecule has 3 heterocycles. The van der Waals surface area contributed by atoms with E-state index in [4.69, 9.17) is 4.52 Å². The van der Waals surface area contributed by atoms with Crippen LogP contribution in [0.15, 0.2) is 59.4 Å². The van der Waals surface area contributed by atoms with Crippen molar-refractivity contribution >= 4 is 11.7 Å². The summed E-state index contributed by atoms with van der Waals surface area (Å²) in [6.07, 6.45) is 3.57. The van der Waals surface area contributed by atoms with Crippen molar-refractivity contribution < 1.29 is 9.32 Å². The smallest absolute Gasteiger partial charge is 0.273 e. The van der Waals surface area contributed by atoms with Crippen LogP contribution in [0.4, 0.5) is 5.82 Å². The second-order valence-corrected chi connectivity index (χ2v) is 6.63. The Bertz CT molecular complexity index is 1150. The fourth-order valence-electron chi connectivity index (χ4n) is 2.96. The van der Waals surface area contributed by atoms with Gasteiger partial charge in [-0.1, -0.05) is 35.5 Å². The monoisotopic (exact) mass is 403 g/mol. The van der Waals surface area contributed by atoms with Crippen LogP contribution in [0.2, 0.25) is 0 Å². The molecule has 1 aromatic carbocycles. The maximum absolute atomic E-state index is 12.3. The third-order valence-corrected chi connectivity index (χ3v) is 4.41. The molecule has 0 fully saturated rings. The van der Waals surface area contributed by atoms with E-state index in [-0.39, 0.29) is 11.6 Å². The largest absolute Gasteiger partial charge is 0.368 e. The molecule has 0 radical (unpaired) electrons. The zero-order valence-corrected chi connectivity index (χ0v) is 16.7. The quantitative estimate of drug-likeness (QED) is 0.457. The van der Waals surface area contributed by atoms with Gasteiger partial charge in [0.2, 0.25) is 0 Å². The van der Waals surface area contributed by atoms with Gasteiger partial charge in [0.15, 0.2) is 11.5 Å². The predicted molar refractivity (Wildman–Crippen MR) is 111 cm³/mol. The number of nitrogens with zero attached hydrogens (tertiary/aromatic N) is 5. The fourth-order valence-corrected chi connectivity index (χ4v) is 2.96. The number of rotatable bonds is 7. The number of nitrogens with one attached hydrogen (secondary N) is 2. The summed E-state index contributed by atoms with van der Waals surface area (Å²) in [6.45, 7) is 4.63. The highest BCUT2D eigenvalue weighted by Crippen LogP contribution is 2.19. The highest BCUT2D eigenvalue weighted by Gasteiger charge is 2.13. The number of hydrogen-bond donors (Lipinski definition) is 2. The van der Waals surface area contributed by atoms with Crippen LogP contribution in [0, 0.1) is 13.8 Å². The van der Waals surface area contributed by atoms with Gasteiger partial charge in [-0.05, 0) is 13.8 Å². The molecule has 4 aromatic rings. The number of carbonyl (C=O) groups is 1. The zero-order valence-electron chi connectivity index (χ0n) is 16.7. The van der Waals surface area contributed by atoms with Gasteiger partial charge in [-0.25, -0.2) is 15.0 Å². The third-order valence-electron chi connectivity index (χ3n) is 4.41. The molecule has 0 unspecified atom stereocenters. The average Bonchev–Trinajstić information content (AvgIpc) is 3.41. The number of carbonyl (C=O) groups excluding carboxylic acids is 1. The van der Waals surface area contributed by atoms with E-state index >= 15 is 0 Å². The van der Waals surface area contributed by atoms with Crippen molar-refractivity contribution in [2.24, 2.45) is 0 Å². The van der Waals surface area contributed by atoms with E-state index in [1.165, 1.54) is 0 Å². The second-order valence-electron chi connectivity index (χ2n) is 6.63. The molecular weight excluding hydrogens is 382 g/mol. The van der Waals surface area contributed by atoms with Crippen molar-refractivity contribution in [1.82, 2.24) is 30.0 Å². The molecule has 1 amide bonds. The molecule has 0 aliphatic heterocycles. The van der Waals surface area contributed by atoms with Crippen molar-refractivity contribution in [2.75, 3.05) is 18.4 Å². The van der Waals surface area contributed by atoms with E-state index in [0.29, 0.717) is 30.5 Å². The molecule has 152 valence electrons. The van der Waals surface area contributed by atoms with Gasteiger partial charge in [0.05, 0.1) is 0 Å². The predicted octanol–water partition coefficient (Wildman–Crippen LogP) is 2.78. The van der Waals surface area contributed by atoms with Crippen LogP contribution in [-0.2, 0) is 0 Å². The van der Waals surface area contributed by atoms with Crippen LogP contribution in [0.5, 0.6) is 0 Å². The van der Waals surface area contributed by atoms with Gasteiger partial charge in [0.25, 0.3) is 5.91 Å². The average molecular weight is 403 g/mol. The summed E-state index contributed by atoms with van der Waals surface area (Å²) in [5.41, 5.74) is 1.11. The number of anilines is 1.